The summed E-state index contributed by atoms with van der Waals surface area (Å²) in [6.45, 7) is 3.84. The van der Waals surface area contributed by atoms with Gasteiger partial charge >= 0.3 is 6.18 Å². The van der Waals surface area contributed by atoms with Crippen LogP contribution < -0.4 is 10.1 Å². The molecule has 27 heavy (non-hydrogen) atoms. The third kappa shape index (κ3) is 4.92. The van der Waals surface area contributed by atoms with Crippen LogP contribution in [0.15, 0.2) is 35.1 Å². The topological polar surface area (TPSA) is 72.8 Å². The molecule has 0 fully saturated rings. The molecule has 0 saturated carbocycles. The Kier molecular flexibility index (Phi) is 5.61. The van der Waals surface area contributed by atoms with Crippen LogP contribution in [0.1, 0.15) is 19.4 Å². The van der Waals surface area contributed by atoms with Gasteiger partial charge in [0.2, 0.25) is 5.13 Å². The van der Waals surface area contributed by atoms with E-state index in [4.69, 9.17) is 4.74 Å². The normalized spacial score (nSPS) is 11.7. The molecule has 3 rings (SSSR count). The van der Waals surface area contributed by atoms with Crippen LogP contribution in [-0.2, 0) is 6.18 Å². The van der Waals surface area contributed by atoms with Gasteiger partial charge in [-0.25, -0.2) is 9.97 Å². The van der Waals surface area contributed by atoms with Crippen molar-refractivity contribution in [3.05, 3.63) is 40.6 Å². The molecule has 3 heterocycles. The van der Waals surface area contributed by atoms with Crippen molar-refractivity contribution in [1.29, 1.82) is 0 Å². The fraction of sp³-hybridized carbons (Fsp3) is 0.250. The van der Waals surface area contributed by atoms with Gasteiger partial charge in [0, 0.05) is 17.7 Å². The zero-order chi connectivity index (χ0) is 19.6. The summed E-state index contributed by atoms with van der Waals surface area (Å²) in [7, 11) is 0. The molecule has 0 amide bonds. The minimum atomic E-state index is -4.46. The molecule has 0 radical (unpaired) electrons. The molecule has 1 N–H and O–H groups in total. The molecule has 11 heteroatoms. The molecule has 0 aliphatic carbocycles. The Labute approximate surface area is 165 Å². The Bertz CT molecular complexity index is 931. The first-order valence-corrected chi connectivity index (χ1v) is 9.25. The first-order chi connectivity index (χ1) is 12.7. The highest BCUT2D eigenvalue weighted by atomic mass is 79.9. The average molecular weight is 460 g/mol. The number of rotatable bonds is 5. The Morgan fingerprint density at radius 2 is 1.96 bits per heavy atom. The number of hydrogen-bond acceptors (Lipinski definition) is 7. The predicted molar refractivity (Wildman–Crippen MR) is 99.1 cm³/mol. The molecule has 0 aliphatic rings. The van der Waals surface area contributed by atoms with Gasteiger partial charge in [0.05, 0.1) is 22.3 Å². The first kappa shape index (κ1) is 19.5. The number of hydrogen-bond donors (Lipinski definition) is 1. The third-order valence-electron chi connectivity index (χ3n) is 3.16. The van der Waals surface area contributed by atoms with Gasteiger partial charge in [-0.2, -0.15) is 22.5 Å². The lowest BCUT2D eigenvalue weighted by Crippen LogP contribution is -2.06. The van der Waals surface area contributed by atoms with Crippen LogP contribution in [-0.4, -0.2) is 25.4 Å². The maximum atomic E-state index is 12.7. The summed E-state index contributed by atoms with van der Waals surface area (Å²) in [4.78, 5) is 12.3. The van der Waals surface area contributed by atoms with Crippen LogP contribution in [0.2, 0.25) is 0 Å². The SMILES string of the molecule is CC(C)Oc1ccc(-c2nsc(Nc3ncc(C(F)(F)F)cc3Br)n2)nc1. The Hall–Kier alpha value is -2.27. The van der Waals surface area contributed by atoms with E-state index in [2.05, 4.69) is 40.6 Å². The van der Waals surface area contributed by atoms with Gasteiger partial charge in [0.15, 0.2) is 5.82 Å². The highest BCUT2D eigenvalue weighted by Gasteiger charge is 2.31. The first-order valence-electron chi connectivity index (χ1n) is 7.69. The third-order valence-corrected chi connectivity index (χ3v) is 4.39. The summed E-state index contributed by atoms with van der Waals surface area (Å²) in [5.74, 6) is 1.24. The maximum Gasteiger partial charge on any atom is 0.417 e. The van der Waals surface area contributed by atoms with E-state index in [1.807, 2.05) is 13.8 Å². The van der Waals surface area contributed by atoms with Crippen molar-refractivity contribution >= 4 is 38.4 Å². The Morgan fingerprint density at radius 3 is 2.56 bits per heavy atom. The Morgan fingerprint density at radius 1 is 1.19 bits per heavy atom. The second-order valence-electron chi connectivity index (χ2n) is 5.65. The maximum absolute atomic E-state index is 12.7. The number of pyridine rings is 2. The number of alkyl halides is 3. The molecular formula is C16H13BrF3N5OS. The highest BCUT2D eigenvalue weighted by molar-refractivity contribution is 9.10. The fourth-order valence-corrected chi connectivity index (χ4v) is 3.04. The van der Waals surface area contributed by atoms with E-state index in [0.29, 0.717) is 22.4 Å². The van der Waals surface area contributed by atoms with Crippen molar-refractivity contribution in [3.63, 3.8) is 0 Å². The molecule has 0 aromatic carbocycles. The molecule has 3 aromatic rings. The van der Waals surface area contributed by atoms with E-state index in [1.165, 1.54) is 0 Å². The molecule has 3 aromatic heterocycles. The van der Waals surface area contributed by atoms with Crippen molar-refractivity contribution in [3.8, 4) is 17.3 Å². The minimum Gasteiger partial charge on any atom is -0.489 e. The van der Waals surface area contributed by atoms with Crippen LogP contribution in [0.4, 0.5) is 24.1 Å². The van der Waals surface area contributed by atoms with Gasteiger partial charge < -0.3 is 10.1 Å². The van der Waals surface area contributed by atoms with Gasteiger partial charge in [-0.1, -0.05) is 0 Å². The molecule has 0 atom stereocenters. The molecule has 6 nitrogen and oxygen atoms in total. The van der Waals surface area contributed by atoms with Gasteiger partial charge in [-0.05, 0) is 48.0 Å². The average Bonchev–Trinajstić information content (AvgIpc) is 3.04. The second kappa shape index (κ2) is 7.77. The quantitative estimate of drug-likeness (QED) is 0.557. The summed E-state index contributed by atoms with van der Waals surface area (Å²) < 4.78 is 48.0. The largest absolute Gasteiger partial charge is 0.489 e. The zero-order valence-corrected chi connectivity index (χ0v) is 16.5. The van der Waals surface area contributed by atoms with Gasteiger partial charge in [0.25, 0.3) is 0 Å². The second-order valence-corrected chi connectivity index (χ2v) is 7.25. The number of halogens is 4. The van der Waals surface area contributed by atoms with Crippen molar-refractivity contribution in [2.45, 2.75) is 26.1 Å². The predicted octanol–water partition coefficient (Wildman–Crippen LogP) is 5.31. The number of ether oxygens (including phenoxy) is 1. The van der Waals surface area contributed by atoms with E-state index in [-0.39, 0.29) is 16.4 Å². The van der Waals surface area contributed by atoms with Crippen LogP contribution in [0.3, 0.4) is 0 Å². The summed E-state index contributed by atoms with van der Waals surface area (Å²) in [6, 6.07) is 4.45. The summed E-state index contributed by atoms with van der Waals surface area (Å²) in [5.41, 5.74) is -0.291. The molecular weight excluding hydrogens is 447 g/mol. The lowest BCUT2D eigenvalue weighted by atomic mass is 10.3. The zero-order valence-electron chi connectivity index (χ0n) is 14.1. The fourth-order valence-electron chi connectivity index (χ4n) is 2.02. The van der Waals surface area contributed by atoms with E-state index in [0.717, 1.165) is 23.8 Å². The highest BCUT2D eigenvalue weighted by Crippen LogP contribution is 2.33. The molecule has 0 spiro atoms. The summed E-state index contributed by atoms with van der Waals surface area (Å²) in [6.07, 6.45) is -2.08. The van der Waals surface area contributed by atoms with E-state index in [9.17, 15) is 13.2 Å². The van der Waals surface area contributed by atoms with Gasteiger partial charge in [-0.15, -0.1) is 0 Å². The molecule has 0 saturated heterocycles. The monoisotopic (exact) mass is 459 g/mol. The lowest BCUT2D eigenvalue weighted by molar-refractivity contribution is -0.137. The lowest BCUT2D eigenvalue weighted by Gasteiger charge is -2.09. The smallest absolute Gasteiger partial charge is 0.417 e. The van der Waals surface area contributed by atoms with Crippen LogP contribution in [0.5, 0.6) is 5.75 Å². The van der Waals surface area contributed by atoms with Crippen LogP contribution in [0, 0.1) is 0 Å². The van der Waals surface area contributed by atoms with E-state index >= 15 is 0 Å². The summed E-state index contributed by atoms with van der Waals surface area (Å²) >= 11 is 4.13. The molecule has 0 aliphatic heterocycles. The molecule has 0 bridgehead atoms. The van der Waals surface area contributed by atoms with Crippen LogP contribution >= 0.6 is 27.5 Å². The van der Waals surface area contributed by atoms with E-state index < -0.39 is 11.7 Å². The minimum absolute atomic E-state index is 0.0422. The molecule has 142 valence electrons. The number of nitrogens with one attached hydrogen (secondary N) is 1. The number of nitrogens with zero attached hydrogens (tertiary/aromatic N) is 4. The van der Waals surface area contributed by atoms with Gasteiger partial charge in [-0.3, -0.25) is 0 Å². The van der Waals surface area contributed by atoms with Crippen molar-refractivity contribution in [2.24, 2.45) is 0 Å². The molecule has 0 unspecified atom stereocenters. The van der Waals surface area contributed by atoms with Crippen molar-refractivity contribution in [1.82, 2.24) is 19.3 Å². The summed E-state index contributed by atoms with van der Waals surface area (Å²) in [5, 5.41) is 3.22. The van der Waals surface area contributed by atoms with Gasteiger partial charge in [0.1, 0.15) is 17.3 Å². The van der Waals surface area contributed by atoms with Crippen molar-refractivity contribution in [2.75, 3.05) is 5.32 Å². The van der Waals surface area contributed by atoms with E-state index in [1.54, 1.807) is 18.3 Å². The van der Waals surface area contributed by atoms with Crippen LogP contribution in [0.25, 0.3) is 11.5 Å². The standard InChI is InChI=1S/C16H13BrF3N5OS/c1-8(2)26-10-3-4-12(21-7-10)14-24-15(27-25-14)23-13-11(17)5-9(6-22-13)16(18,19)20/h3-8H,1-2H3,(H,22,23,24,25). The van der Waals surface area contributed by atoms with Crippen molar-refractivity contribution < 1.29 is 17.9 Å². The number of anilines is 2. The number of aromatic nitrogens is 4. The Balaban J connectivity index is 1.75.